The molecule has 3 nitrogen and oxygen atoms in total. The number of unbranched alkanes of at least 4 members (excludes halogenated alkanes) is 14. The zero-order valence-corrected chi connectivity index (χ0v) is 18.8. The van der Waals surface area contributed by atoms with Crippen molar-refractivity contribution in [2.45, 2.75) is 116 Å². The standard InChI is InChI=1S/C22H39ClN2OS/c1-2-3-4-5-6-7-8-9-10-11-12-13-14-15-16-17-21(26)25-22-24-20(18-23)19-27-22/h19H,2-18H2,1H3,(H,24,25,26). The fourth-order valence-electron chi connectivity index (χ4n) is 3.26. The van der Waals surface area contributed by atoms with E-state index in [9.17, 15) is 4.79 Å². The summed E-state index contributed by atoms with van der Waals surface area (Å²) in [5.74, 6) is 0.464. The Hall–Kier alpha value is -0.610. The number of thiazole rings is 1. The topological polar surface area (TPSA) is 42.0 Å². The first-order valence-electron chi connectivity index (χ1n) is 11.1. The number of rotatable bonds is 18. The van der Waals surface area contributed by atoms with Gasteiger partial charge in [-0.3, -0.25) is 4.79 Å². The summed E-state index contributed by atoms with van der Waals surface area (Å²) in [6, 6.07) is 0. The van der Waals surface area contributed by atoms with Crippen molar-refractivity contribution in [1.82, 2.24) is 4.98 Å². The van der Waals surface area contributed by atoms with Gasteiger partial charge in [-0.05, 0) is 6.42 Å². The van der Waals surface area contributed by atoms with Gasteiger partial charge < -0.3 is 5.32 Å². The van der Waals surface area contributed by atoms with Crippen molar-refractivity contribution in [3.05, 3.63) is 11.1 Å². The Kier molecular flexibility index (Phi) is 15.8. The van der Waals surface area contributed by atoms with E-state index in [4.69, 9.17) is 11.6 Å². The summed E-state index contributed by atoms with van der Waals surface area (Å²) in [6.45, 7) is 2.28. The van der Waals surface area contributed by atoms with E-state index in [0.29, 0.717) is 17.4 Å². The number of halogens is 1. The van der Waals surface area contributed by atoms with Crippen molar-refractivity contribution < 1.29 is 4.79 Å². The number of aromatic nitrogens is 1. The maximum atomic E-state index is 11.9. The molecule has 0 aliphatic heterocycles. The fraction of sp³-hybridized carbons (Fsp3) is 0.818. The van der Waals surface area contributed by atoms with Gasteiger partial charge in [0.25, 0.3) is 0 Å². The molecule has 0 fully saturated rings. The van der Waals surface area contributed by atoms with E-state index in [1.807, 2.05) is 5.38 Å². The Balaban J connectivity index is 1.80. The molecule has 5 heteroatoms. The predicted octanol–water partition coefficient (Wildman–Crippen LogP) is 8.08. The van der Waals surface area contributed by atoms with Gasteiger partial charge in [0.1, 0.15) is 0 Å². The van der Waals surface area contributed by atoms with E-state index >= 15 is 0 Å². The maximum Gasteiger partial charge on any atom is 0.226 e. The van der Waals surface area contributed by atoms with Crippen LogP contribution >= 0.6 is 22.9 Å². The number of hydrogen-bond acceptors (Lipinski definition) is 3. The Labute approximate surface area is 175 Å². The zero-order valence-electron chi connectivity index (χ0n) is 17.2. The molecule has 0 aliphatic carbocycles. The fourth-order valence-corrected chi connectivity index (χ4v) is 4.22. The van der Waals surface area contributed by atoms with Crippen molar-refractivity contribution in [2.24, 2.45) is 0 Å². The van der Waals surface area contributed by atoms with E-state index in [-0.39, 0.29) is 5.91 Å². The lowest BCUT2D eigenvalue weighted by Crippen LogP contribution is -2.10. The molecule has 0 bridgehead atoms. The minimum Gasteiger partial charge on any atom is -0.302 e. The minimum atomic E-state index is 0.0696. The lowest BCUT2D eigenvalue weighted by molar-refractivity contribution is -0.116. The molecule has 0 saturated heterocycles. The molecular weight excluding hydrogens is 376 g/mol. The van der Waals surface area contributed by atoms with E-state index in [1.54, 1.807) is 0 Å². The van der Waals surface area contributed by atoms with Crippen LogP contribution in [0.5, 0.6) is 0 Å². The Morgan fingerprint density at radius 1 is 0.889 bits per heavy atom. The number of nitrogens with one attached hydrogen (secondary N) is 1. The normalized spacial score (nSPS) is 11.0. The predicted molar refractivity (Wildman–Crippen MR) is 120 cm³/mol. The quantitative estimate of drug-likeness (QED) is 0.195. The number of hydrogen-bond donors (Lipinski definition) is 1. The van der Waals surface area contributed by atoms with Crippen LogP contribution in [0.1, 0.15) is 115 Å². The molecule has 0 saturated carbocycles. The third-order valence-corrected chi connectivity index (χ3v) is 6.02. The summed E-state index contributed by atoms with van der Waals surface area (Å²) in [6.07, 6.45) is 20.7. The van der Waals surface area contributed by atoms with Crippen LogP contribution in [0.2, 0.25) is 0 Å². The second-order valence-corrected chi connectivity index (χ2v) is 8.65. The maximum absolute atomic E-state index is 11.9. The molecule has 27 heavy (non-hydrogen) atoms. The number of alkyl halides is 1. The second-order valence-electron chi connectivity index (χ2n) is 7.53. The molecule has 1 N–H and O–H groups in total. The molecule has 0 spiro atoms. The molecule has 0 aromatic carbocycles. The summed E-state index contributed by atoms with van der Waals surface area (Å²) in [5.41, 5.74) is 0.823. The van der Waals surface area contributed by atoms with Crippen LogP contribution in [-0.4, -0.2) is 10.9 Å². The molecule has 1 rings (SSSR count). The van der Waals surface area contributed by atoms with E-state index in [1.165, 1.54) is 94.8 Å². The summed E-state index contributed by atoms with van der Waals surface area (Å²) in [7, 11) is 0. The molecule has 0 atom stereocenters. The summed E-state index contributed by atoms with van der Waals surface area (Å²) >= 11 is 7.15. The molecule has 1 amide bonds. The van der Waals surface area contributed by atoms with Gasteiger partial charge in [0.05, 0.1) is 11.6 Å². The SMILES string of the molecule is CCCCCCCCCCCCCCCCCC(=O)Nc1nc(CCl)cs1. The van der Waals surface area contributed by atoms with Gasteiger partial charge in [0, 0.05) is 11.8 Å². The molecule has 1 heterocycles. The largest absolute Gasteiger partial charge is 0.302 e. The first-order chi connectivity index (χ1) is 13.3. The lowest BCUT2D eigenvalue weighted by Gasteiger charge is -2.04. The van der Waals surface area contributed by atoms with Gasteiger partial charge in [-0.15, -0.1) is 22.9 Å². The highest BCUT2D eigenvalue weighted by molar-refractivity contribution is 7.13. The highest BCUT2D eigenvalue weighted by atomic mass is 35.5. The lowest BCUT2D eigenvalue weighted by atomic mass is 10.0. The van der Waals surface area contributed by atoms with Crippen molar-refractivity contribution in [2.75, 3.05) is 5.32 Å². The Morgan fingerprint density at radius 2 is 1.37 bits per heavy atom. The van der Waals surface area contributed by atoms with Crippen LogP contribution < -0.4 is 5.32 Å². The third kappa shape index (κ3) is 14.1. The van der Waals surface area contributed by atoms with Gasteiger partial charge in [0.15, 0.2) is 5.13 Å². The summed E-state index contributed by atoms with van der Waals surface area (Å²) in [4.78, 5) is 16.1. The van der Waals surface area contributed by atoms with Crippen LogP contribution in [0.3, 0.4) is 0 Å². The second kappa shape index (κ2) is 17.5. The highest BCUT2D eigenvalue weighted by Crippen LogP contribution is 2.17. The van der Waals surface area contributed by atoms with Crippen LogP contribution in [0, 0.1) is 0 Å². The van der Waals surface area contributed by atoms with Crippen LogP contribution in [0.4, 0.5) is 5.13 Å². The molecule has 1 aromatic rings. The molecule has 156 valence electrons. The van der Waals surface area contributed by atoms with Crippen LogP contribution in [-0.2, 0) is 10.7 Å². The number of carbonyl (C=O) groups is 1. The van der Waals surface area contributed by atoms with Crippen molar-refractivity contribution in [1.29, 1.82) is 0 Å². The molecule has 0 aliphatic rings. The first-order valence-corrected chi connectivity index (χ1v) is 12.5. The zero-order chi connectivity index (χ0) is 19.6. The summed E-state index contributed by atoms with van der Waals surface area (Å²) < 4.78 is 0. The molecule has 0 unspecified atom stereocenters. The Bertz CT molecular complexity index is 479. The van der Waals surface area contributed by atoms with Gasteiger partial charge in [-0.25, -0.2) is 4.98 Å². The smallest absolute Gasteiger partial charge is 0.226 e. The van der Waals surface area contributed by atoms with Gasteiger partial charge in [0.2, 0.25) is 5.91 Å². The molecule has 1 aromatic heterocycles. The Morgan fingerprint density at radius 3 is 1.81 bits per heavy atom. The van der Waals surface area contributed by atoms with Crippen LogP contribution in [0.15, 0.2) is 5.38 Å². The van der Waals surface area contributed by atoms with Crippen molar-refractivity contribution in [3.8, 4) is 0 Å². The summed E-state index contributed by atoms with van der Waals surface area (Å²) in [5, 5.41) is 5.40. The van der Waals surface area contributed by atoms with Crippen molar-refractivity contribution >= 4 is 34.0 Å². The van der Waals surface area contributed by atoms with E-state index in [0.717, 1.165) is 18.5 Å². The van der Waals surface area contributed by atoms with Crippen molar-refractivity contribution in [3.63, 3.8) is 0 Å². The van der Waals surface area contributed by atoms with Gasteiger partial charge in [-0.1, -0.05) is 96.8 Å². The molecular formula is C22H39ClN2OS. The monoisotopic (exact) mass is 414 g/mol. The average molecular weight is 415 g/mol. The van der Waals surface area contributed by atoms with E-state index in [2.05, 4.69) is 17.2 Å². The number of anilines is 1. The highest BCUT2D eigenvalue weighted by Gasteiger charge is 2.06. The van der Waals surface area contributed by atoms with E-state index < -0.39 is 0 Å². The average Bonchev–Trinajstić information content (AvgIpc) is 3.12. The number of nitrogens with zero attached hydrogens (tertiary/aromatic N) is 1. The molecule has 0 radical (unpaired) electrons. The van der Waals surface area contributed by atoms with Gasteiger partial charge in [-0.2, -0.15) is 0 Å². The number of carbonyl (C=O) groups excluding carboxylic acids is 1. The minimum absolute atomic E-state index is 0.0696. The number of amides is 1. The van der Waals surface area contributed by atoms with Gasteiger partial charge >= 0.3 is 0 Å². The van der Waals surface area contributed by atoms with Crippen LogP contribution in [0.25, 0.3) is 0 Å². The third-order valence-electron chi connectivity index (χ3n) is 4.94. The first kappa shape index (κ1) is 24.4.